The van der Waals surface area contributed by atoms with E-state index in [1.807, 2.05) is 22.6 Å². The highest BCUT2D eigenvalue weighted by atomic mass is 127. The van der Waals surface area contributed by atoms with Crippen LogP contribution in [-0.4, -0.2) is 10.8 Å². The van der Waals surface area contributed by atoms with Gasteiger partial charge < -0.3 is 5.32 Å². The molecule has 0 radical (unpaired) electrons. The van der Waals surface area contributed by atoms with E-state index < -0.39 is 16.6 Å². The quantitative estimate of drug-likeness (QED) is 0.458. The van der Waals surface area contributed by atoms with Crippen LogP contribution < -0.4 is 5.32 Å². The van der Waals surface area contributed by atoms with Crippen LogP contribution in [0.25, 0.3) is 0 Å². The number of halogens is 3. The highest BCUT2D eigenvalue weighted by Crippen LogP contribution is 2.25. The summed E-state index contributed by atoms with van der Waals surface area (Å²) in [6.07, 6.45) is 0. The fraction of sp³-hybridized carbons (Fsp3) is 0. The Balaban J connectivity index is 2.32. The molecule has 2 aromatic rings. The van der Waals surface area contributed by atoms with Crippen LogP contribution in [-0.2, 0) is 0 Å². The van der Waals surface area contributed by atoms with E-state index in [2.05, 4.69) is 5.32 Å². The predicted molar refractivity (Wildman–Crippen MR) is 85.2 cm³/mol. The highest BCUT2D eigenvalue weighted by molar-refractivity contribution is 14.1. The Morgan fingerprint density at radius 1 is 1.29 bits per heavy atom. The third-order valence-electron chi connectivity index (χ3n) is 2.58. The van der Waals surface area contributed by atoms with Gasteiger partial charge in [0.25, 0.3) is 11.6 Å². The molecule has 2 aromatic carbocycles. The Bertz CT molecular complexity index is 739. The number of nitrogens with one attached hydrogen (secondary N) is 1. The predicted octanol–water partition coefficient (Wildman–Crippen LogP) is 4.24. The number of nitrogens with zero attached hydrogens (tertiary/aromatic N) is 1. The van der Waals surface area contributed by atoms with Gasteiger partial charge in [0.05, 0.1) is 21.2 Å². The van der Waals surface area contributed by atoms with Crippen LogP contribution in [0.3, 0.4) is 0 Å². The fourth-order valence-corrected chi connectivity index (χ4v) is 2.40. The normalized spacial score (nSPS) is 10.2. The monoisotopic (exact) mass is 420 g/mol. The average Bonchev–Trinajstić information content (AvgIpc) is 2.42. The van der Waals surface area contributed by atoms with E-state index in [1.165, 1.54) is 30.3 Å². The SMILES string of the molecule is O=C(Nc1ccc(F)cc1I)c1cc([N+](=O)[O-])ccc1Cl. The van der Waals surface area contributed by atoms with Crippen molar-refractivity contribution in [3.05, 3.63) is 66.5 Å². The molecule has 21 heavy (non-hydrogen) atoms. The molecule has 5 nitrogen and oxygen atoms in total. The minimum atomic E-state index is -0.616. The first-order valence-corrected chi connectivity index (χ1v) is 7.04. The molecule has 0 aliphatic carbocycles. The van der Waals surface area contributed by atoms with Crippen LogP contribution in [0.15, 0.2) is 36.4 Å². The molecule has 8 heteroatoms. The molecule has 0 saturated carbocycles. The van der Waals surface area contributed by atoms with Crippen LogP contribution in [0.4, 0.5) is 15.8 Å². The largest absolute Gasteiger partial charge is 0.321 e. The number of nitro benzene ring substituents is 1. The van der Waals surface area contributed by atoms with E-state index in [4.69, 9.17) is 11.6 Å². The molecule has 1 N–H and O–H groups in total. The molecule has 0 heterocycles. The second-order valence-electron chi connectivity index (χ2n) is 4.00. The van der Waals surface area contributed by atoms with E-state index in [1.54, 1.807) is 0 Å². The number of hydrogen-bond acceptors (Lipinski definition) is 3. The van der Waals surface area contributed by atoms with Crippen molar-refractivity contribution in [2.24, 2.45) is 0 Å². The summed E-state index contributed by atoms with van der Waals surface area (Å²) >= 11 is 7.75. The molecule has 0 atom stereocenters. The van der Waals surface area contributed by atoms with Gasteiger partial charge in [0.1, 0.15) is 5.82 Å². The maximum absolute atomic E-state index is 13.0. The number of non-ortho nitro benzene ring substituents is 1. The van der Waals surface area contributed by atoms with E-state index in [0.29, 0.717) is 9.26 Å². The minimum absolute atomic E-state index is 0.0222. The van der Waals surface area contributed by atoms with Gasteiger partial charge in [0, 0.05) is 15.7 Å². The molecule has 0 aromatic heterocycles. The zero-order valence-corrected chi connectivity index (χ0v) is 13.2. The maximum atomic E-state index is 13.0. The number of amides is 1. The summed E-state index contributed by atoms with van der Waals surface area (Å²) in [6, 6.07) is 7.44. The van der Waals surface area contributed by atoms with Crippen molar-refractivity contribution in [1.29, 1.82) is 0 Å². The topological polar surface area (TPSA) is 72.2 Å². The Morgan fingerprint density at radius 3 is 2.62 bits per heavy atom. The van der Waals surface area contributed by atoms with E-state index >= 15 is 0 Å². The summed E-state index contributed by atoms with van der Waals surface area (Å²) < 4.78 is 13.5. The Morgan fingerprint density at radius 2 is 2.00 bits per heavy atom. The van der Waals surface area contributed by atoms with E-state index in [9.17, 15) is 19.3 Å². The molecule has 0 saturated heterocycles. The van der Waals surface area contributed by atoms with Crippen LogP contribution >= 0.6 is 34.2 Å². The van der Waals surface area contributed by atoms with Crippen molar-refractivity contribution >= 4 is 51.5 Å². The Kier molecular flexibility index (Phi) is 4.73. The van der Waals surface area contributed by atoms with Crippen molar-refractivity contribution in [3.8, 4) is 0 Å². The molecule has 0 bridgehead atoms. The summed E-state index contributed by atoms with van der Waals surface area (Å²) in [4.78, 5) is 22.2. The van der Waals surface area contributed by atoms with Gasteiger partial charge in [-0.3, -0.25) is 14.9 Å². The molecule has 0 spiro atoms. The summed E-state index contributed by atoms with van der Waals surface area (Å²) in [7, 11) is 0. The lowest BCUT2D eigenvalue weighted by Crippen LogP contribution is -2.13. The molecular weight excluding hydrogens is 414 g/mol. The van der Waals surface area contributed by atoms with Gasteiger partial charge >= 0.3 is 0 Å². The van der Waals surface area contributed by atoms with Crippen LogP contribution in [0.5, 0.6) is 0 Å². The van der Waals surface area contributed by atoms with E-state index in [-0.39, 0.29) is 16.3 Å². The number of hydrogen-bond donors (Lipinski definition) is 1. The van der Waals surface area contributed by atoms with Gasteiger partial charge in [0.15, 0.2) is 0 Å². The summed E-state index contributed by atoms with van der Waals surface area (Å²) in [5, 5.41) is 13.4. The lowest BCUT2D eigenvalue weighted by Gasteiger charge is -2.08. The van der Waals surface area contributed by atoms with Gasteiger partial charge in [0.2, 0.25) is 0 Å². The second kappa shape index (κ2) is 6.35. The Hall–Kier alpha value is -1.74. The van der Waals surface area contributed by atoms with Crippen molar-refractivity contribution < 1.29 is 14.1 Å². The Labute approximate surface area is 137 Å². The minimum Gasteiger partial charge on any atom is -0.321 e. The number of benzene rings is 2. The van der Waals surface area contributed by atoms with Gasteiger partial charge in [-0.05, 0) is 46.9 Å². The van der Waals surface area contributed by atoms with Crippen molar-refractivity contribution in [1.82, 2.24) is 0 Å². The second-order valence-corrected chi connectivity index (χ2v) is 5.57. The molecule has 0 fully saturated rings. The number of anilines is 1. The lowest BCUT2D eigenvalue weighted by molar-refractivity contribution is -0.384. The standard InChI is InChI=1S/C13H7ClFIN2O3/c14-10-3-2-8(18(20)21)6-9(10)13(19)17-12-4-1-7(15)5-11(12)16/h1-6H,(H,17,19). The van der Waals surface area contributed by atoms with Gasteiger partial charge in [-0.1, -0.05) is 11.6 Å². The van der Waals surface area contributed by atoms with Gasteiger partial charge in [-0.25, -0.2) is 4.39 Å². The molecule has 0 aliphatic rings. The van der Waals surface area contributed by atoms with Gasteiger partial charge in [-0.2, -0.15) is 0 Å². The smallest absolute Gasteiger partial charge is 0.270 e. The fourth-order valence-electron chi connectivity index (χ4n) is 1.58. The van der Waals surface area contributed by atoms with Gasteiger partial charge in [-0.15, -0.1) is 0 Å². The number of carbonyl (C=O) groups excluding carboxylic acids is 1. The molecule has 1 amide bonds. The van der Waals surface area contributed by atoms with Crippen LogP contribution in [0.2, 0.25) is 5.02 Å². The maximum Gasteiger partial charge on any atom is 0.270 e. The molecule has 2 rings (SSSR count). The van der Waals surface area contributed by atoms with Crippen LogP contribution in [0.1, 0.15) is 10.4 Å². The summed E-state index contributed by atoms with van der Waals surface area (Å²) in [5.74, 6) is -1.03. The van der Waals surface area contributed by atoms with Crippen LogP contribution in [0, 0.1) is 19.5 Å². The number of nitro groups is 1. The average molecular weight is 421 g/mol. The zero-order chi connectivity index (χ0) is 15.6. The molecular formula is C13H7ClFIN2O3. The first-order chi connectivity index (χ1) is 9.88. The lowest BCUT2D eigenvalue weighted by atomic mass is 10.2. The molecule has 108 valence electrons. The first kappa shape index (κ1) is 15.6. The summed E-state index contributed by atoms with van der Waals surface area (Å²) in [6.45, 7) is 0. The number of carbonyl (C=O) groups is 1. The first-order valence-electron chi connectivity index (χ1n) is 5.59. The number of rotatable bonds is 3. The summed E-state index contributed by atoms with van der Waals surface area (Å²) in [5.41, 5.74) is 0.133. The zero-order valence-electron chi connectivity index (χ0n) is 10.3. The van der Waals surface area contributed by atoms with Crippen molar-refractivity contribution in [3.63, 3.8) is 0 Å². The third kappa shape index (κ3) is 3.67. The third-order valence-corrected chi connectivity index (χ3v) is 3.81. The highest BCUT2D eigenvalue weighted by Gasteiger charge is 2.16. The van der Waals surface area contributed by atoms with Crippen molar-refractivity contribution in [2.75, 3.05) is 5.32 Å². The van der Waals surface area contributed by atoms with E-state index in [0.717, 1.165) is 6.07 Å². The molecule has 0 aliphatic heterocycles. The van der Waals surface area contributed by atoms with Crippen molar-refractivity contribution in [2.45, 2.75) is 0 Å². The molecule has 0 unspecified atom stereocenters.